The summed E-state index contributed by atoms with van der Waals surface area (Å²) in [5.74, 6) is 0. The summed E-state index contributed by atoms with van der Waals surface area (Å²) in [5.41, 5.74) is 1.02. The minimum Gasteiger partial charge on any atom is -0.393 e. The molecule has 1 aromatic carbocycles. The molecular formula is C19H26N4O4. The molecule has 0 saturated carbocycles. The van der Waals surface area contributed by atoms with Crippen molar-refractivity contribution in [2.75, 3.05) is 6.54 Å². The summed E-state index contributed by atoms with van der Waals surface area (Å²) in [6.07, 6.45) is 4.80. The third kappa shape index (κ3) is 3.64. The van der Waals surface area contributed by atoms with Gasteiger partial charge in [-0.2, -0.15) is 0 Å². The number of aliphatic hydroxyl groups is 1. The molecule has 0 spiro atoms. The largest absolute Gasteiger partial charge is 0.393 e. The van der Waals surface area contributed by atoms with E-state index in [-0.39, 0.29) is 42.0 Å². The summed E-state index contributed by atoms with van der Waals surface area (Å²) in [6.45, 7) is 0.856. The molecule has 3 aliphatic heterocycles. The van der Waals surface area contributed by atoms with Crippen molar-refractivity contribution in [3.63, 3.8) is 0 Å². The Morgan fingerprint density at radius 2 is 1.85 bits per heavy atom. The van der Waals surface area contributed by atoms with E-state index in [1.165, 1.54) is 12.1 Å². The summed E-state index contributed by atoms with van der Waals surface area (Å²) < 4.78 is 0. The van der Waals surface area contributed by atoms with Gasteiger partial charge in [-0.15, -0.1) is 0 Å². The number of piperidine rings is 2. The fraction of sp³-hybridized carbons (Fsp3) is 0.632. The summed E-state index contributed by atoms with van der Waals surface area (Å²) in [6, 6.07) is 6.66. The highest BCUT2D eigenvalue weighted by atomic mass is 16.6. The van der Waals surface area contributed by atoms with Crippen molar-refractivity contribution in [1.29, 1.82) is 0 Å². The average molecular weight is 374 g/mol. The van der Waals surface area contributed by atoms with Crippen molar-refractivity contribution >= 4 is 11.7 Å². The third-order valence-corrected chi connectivity index (χ3v) is 6.17. The lowest BCUT2D eigenvalue weighted by atomic mass is 9.92. The topological polar surface area (TPSA) is 108 Å². The molecule has 1 unspecified atom stereocenters. The Kier molecular flexibility index (Phi) is 5.01. The maximum atomic E-state index is 13.0. The van der Waals surface area contributed by atoms with Crippen molar-refractivity contribution in [3.05, 3.63) is 39.9 Å². The molecule has 146 valence electrons. The second-order valence-electron chi connectivity index (χ2n) is 7.90. The SMILES string of the molecule is O=C(N[C@H]1CCCNC1c1ccc([N+](=O)[O-])cc1)N1[C@@H]2CC[C@H]1C[C@@H](O)C2. The van der Waals surface area contributed by atoms with E-state index in [9.17, 15) is 20.0 Å². The number of fused-ring (bicyclic) bond motifs is 2. The number of non-ortho nitro benzene ring substituents is 1. The molecule has 0 radical (unpaired) electrons. The van der Waals surface area contributed by atoms with Gasteiger partial charge in [-0.3, -0.25) is 10.1 Å². The van der Waals surface area contributed by atoms with Crippen LogP contribution >= 0.6 is 0 Å². The van der Waals surface area contributed by atoms with Crippen LogP contribution in [0.4, 0.5) is 10.5 Å². The van der Waals surface area contributed by atoms with Gasteiger partial charge in [-0.05, 0) is 50.6 Å². The number of urea groups is 1. The molecule has 4 rings (SSSR count). The summed E-state index contributed by atoms with van der Waals surface area (Å²) in [7, 11) is 0. The van der Waals surface area contributed by atoms with Crippen molar-refractivity contribution in [2.24, 2.45) is 0 Å². The highest BCUT2D eigenvalue weighted by molar-refractivity contribution is 5.76. The highest BCUT2D eigenvalue weighted by Gasteiger charge is 2.43. The Bertz CT molecular complexity index is 696. The highest BCUT2D eigenvalue weighted by Crippen LogP contribution is 2.36. The van der Waals surface area contributed by atoms with Crippen LogP contribution in [0.15, 0.2) is 24.3 Å². The monoisotopic (exact) mass is 374 g/mol. The van der Waals surface area contributed by atoms with Gasteiger partial charge in [0.05, 0.1) is 23.1 Å². The number of hydrogen-bond donors (Lipinski definition) is 3. The predicted octanol–water partition coefficient (Wildman–Crippen LogP) is 2.09. The second-order valence-corrected chi connectivity index (χ2v) is 7.90. The maximum Gasteiger partial charge on any atom is 0.318 e. The van der Waals surface area contributed by atoms with Gasteiger partial charge in [0, 0.05) is 24.2 Å². The van der Waals surface area contributed by atoms with Gasteiger partial charge in [-0.25, -0.2) is 4.79 Å². The molecule has 2 amide bonds. The molecule has 1 aromatic rings. The first kappa shape index (κ1) is 18.2. The van der Waals surface area contributed by atoms with Gasteiger partial charge in [0.2, 0.25) is 0 Å². The van der Waals surface area contributed by atoms with Crippen molar-refractivity contribution in [3.8, 4) is 0 Å². The minimum atomic E-state index is -0.405. The van der Waals surface area contributed by atoms with Gasteiger partial charge in [0.1, 0.15) is 0 Å². The predicted molar refractivity (Wildman–Crippen MR) is 99.3 cm³/mol. The molecule has 0 aliphatic carbocycles. The van der Waals surface area contributed by atoms with Crippen LogP contribution in [0.25, 0.3) is 0 Å². The number of rotatable bonds is 3. The molecule has 3 heterocycles. The van der Waals surface area contributed by atoms with Gasteiger partial charge in [0.15, 0.2) is 0 Å². The van der Waals surface area contributed by atoms with Crippen LogP contribution < -0.4 is 10.6 Å². The number of nitrogens with one attached hydrogen (secondary N) is 2. The van der Waals surface area contributed by atoms with Crippen molar-refractivity contribution < 1.29 is 14.8 Å². The van der Waals surface area contributed by atoms with Crippen molar-refractivity contribution in [2.45, 2.75) is 68.8 Å². The van der Waals surface area contributed by atoms with E-state index in [1.54, 1.807) is 12.1 Å². The zero-order chi connectivity index (χ0) is 19.0. The number of carbonyl (C=O) groups is 1. The Hall–Kier alpha value is -2.19. The first-order chi connectivity index (χ1) is 13.0. The lowest BCUT2D eigenvalue weighted by Gasteiger charge is -2.40. The van der Waals surface area contributed by atoms with E-state index in [1.807, 2.05) is 4.90 Å². The molecule has 2 bridgehead atoms. The molecule has 3 aliphatic rings. The fourth-order valence-corrected chi connectivity index (χ4v) is 4.91. The number of hydrogen-bond acceptors (Lipinski definition) is 5. The summed E-state index contributed by atoms with van der Waals surface area (Å²) in [4.78, 5) is 25.4. The molecule has 3 saturated heterocycles. The van der Waals surface area contributed by atoms with E-state index < -0.39 is 4.92 Å². The number of aliphatic hydroxyl groups excluding tert-OH is 1. The second kappa shape index (κ2) is 7.44. The molecule has 27 heavy (non-hydrogen) atoms. The number of carbonyl (C=O) groups excluding carboxylic acids is 1. The summed E-state index contributed by atoms with van der Waals surface area (Å²) >= 11 is 0. The number of benzene rings is 1. The molecule has 3 N–H and O–H groups in total. The molecule has 5 atom stereocenters. The first-order valence-electron chi connectivity index (χ1n) is 9.77. The van der Waals surface area contributed by atoms with E-state index in [2.05, 4.69) is 10.6 Å². The standard InChI is InChI=1S/C19H26N4O4/c24-16-10-14-7-8-15(11-16)22(14)19(25)21-17-2-1-9-20-18(17)12-3-5-13(6-4-12)23(26)27/h3-6,14-18,20,24H,1-2,7-11H2,(H,21,25)/t14-,15+,16+,17-,18?/m0/s1. The van der Waals surface area contributed by atoms with Gasteiger partial charge >= 0.3 is 6.03 Å². The van der Waals surface area contributed by atoms with Crippen LogP contribution in [0.5, 0.6) is 0 Å². The van der Waals surface area contributed by atoms with Crippen LogP contribution in [0.3, 0.4) is 0 Å². The smallest absolute Gasteiger partial charge is 0.318 e. The van der Waals surface area contributed by atoms with Gasteiger partial charge in [0.25, 0.3) is 5.69 Å². The minimum absolute atomic E-state index is 0.0463. The number of nitro groups is 1. The van der Waals surface area contributed by atoms with Gasteiger partial charge < -0.3 is 20.6 Å². The molecule has 0 aromatic heterocycles. The van der Waals surface area contributed by atoms with Crippen LogP contribution in [0, 0.1) is 10.1 Å². The van der Waals surface area contributed by atoms with Crippen LogP contribution in [-0.2, 0) is 0 Å². The van der Waals surface area contributed by atoms with Crippen LogP contribution in [0.2, 0.25) is 0 Å². The van der Waals surface area contributed by atoms with E-state index in [4.69, 9.17) is 0 Å². The maximum absolute atomic E-state index is 13.0. The number of amides is 2. The van der Waals surface area contributed by atoms with Crippen LogP contribution in [0.1, 0.15) is 50.1 Å². The zero-order valence-corrected chi connectivity index (χ0v) is 15.2. The Morgan fingerprint density at radius 1 is 1.19 bits per heavy atom. The zero-order valence-electron chi connectivity index (χ0n) is 15.2. The summed E-state index contributed by atoms with van der Waals surface area (Å²) in [5, 5.41) is 27.5. The fourth-order valence-electron chi connectivity index (χ4n) is 4.91. The number of nitro benzene ring substituents is 1. The van der Waals surface area contributed by atoms with Crippen molar-refractivity contribution in [1.82, 2.24) is 15.5 Å². The van der Waals surface area contributed by atoms with E-state index in [0.29, 0.717) is 12.8 Å². The number of nitrogens with zero attached hydrogens (tertiary/aromatic N) is 2. The molecule has 8 heteroatoms. The van der Waals surface area contributed by atoms with E-state index >= 15 is 0 Å². The first-order valence-corrected chi connectivity index (χ1v) is 9.77. The lowest BCUT2D eigenvalue weighted by Crippen LogP contribution is -2.56. The molecule has 3 fully saturated rings. The average Bonchev–Trinajstić information content (AvgIpc) is 2.94. The van der Waals surface area contributed by atoms with Gasteiger partial charge in [-0.1, -0.05) is 12.1 Å². The molecular weight excluding hydrogens is 348 g/mol. The lowest BCUT2D eigenvalue weighted by molar-refractivity contribution is -0.384. The van der Waals surface area contributed by atoms with Crippen LogP contribution in [-0.4, -0.2) is 51.7 Å². The quantitative estimate of drug-likeness (QED) is 0.555. The normalized spacial score (nSPS) is 32.9. The Morgan fingerprint density at radius 3 is 2.48 bits per heavy atom. The Labute approximate surface area is 158 Å². The Balaban J connectivity index is 1.46. The van der Waals surface area contributed by atoms with E-state index in [0.717, 1.165) is 37.8 Å². The molecule has 8 nitrogen and oxygen atoms in total. The third-order valence-electron chi connectivity index (χ3n) is 6.17.